The molecule has 1 aromatic carbocycles. The second kappa shape index (κ2) is 8.46. The Morgan fingerprint density at radius 2 is 1.85 bits per heavy atom. The second-order valence-electron chi connectivity index (χ2n) is 5.34. The van der Waals surface area contributed by atoms with Crippen molar-refractivity contribution in [2.45, 2.75) is 27.7 Å². The van der Waals surface area contributed by atoms with Gasteiger partial charge in [0.15, 0.2) is 5.96 Å². The molecule has 0 aliphatic carbocycles. The summed E-state index contributed by atoms with van der Waals surface area (Å²) in [5.74, 6) is 2.41. The Hall–Kier alpha value is -1.71. The summed E-state index contributed by atoms with van der Waals surface area (Å²) >= 11 is 0. The van der Waals surface area contributed by atoms with E-state index in [0.29, 0.717) is 12.5 Å². The molecular weight excluding hydrogens is 250 g/mol. The number of ether oxygens (including phenoxy) is 1. The highest BCUT2D eigenvalue weighted by molar-refractivity contribution is 5.79. The lowest BCUT2D eigenvalue weighted by Gasteiger charge is -2.15. The zero-order chi connectivity index (χ0) is 15.0. The van der Waals surface area contributed by atoms with E-state index in [4.69, 9.17) is 4.74 Å². The molecule has 0 saturated carbocycles. The molecule has 2 N–H and O–H groups in total. The van der Waals surface area contributed by atoms with Gasteiger partial charge in [0.05, 0.1) is 6.54 Å². The minimum absolute atomic E-state index is 0.597. The molecule has 0 unspecified atom stereocenters. The van der Waals surface area contributed by atoms with Crippen LogP contribution in [0.2, 0.25) is 0 Å². The molecule has 1 rings (SSSR count). The number of guanidine groups is 1. The fraction of sp³-hybridized carbons (Fsp3) is 0.562. The highest BCUT2D eigenvalue weighted by atomic mass is 16.5. The van der Waals surface area contributed by atoms with Crippen molar-refractivity contribution in [2.24, 2.45) is 10.9 Å². The summed E-state index contributed by atoms with van der Waals surface area (Å²) in [5, 5.41) is 6.52. The number of nitrogens with zero attached hydrogens (tertiary/aromatic N) is 1. The summed E-state index contributed by atoms with van der Waals surface area (Å²) in [6, 6.07) is 6.19. The molecule has 112 valence electrons. The molecule has 4 nitrogen and oxygen atoms in total. The van der Waals surface area contributed by atoms with Gasteiger partial charge >= 0.3 is 0 Å². The normalized spacial score (nSPS) is 11.6. The van der Waals surface area contributed by atoms with Crippen LogP contribution in [0.25, 0.3) is 0 Å². The number of benzene rings is 1. The molecule has 0 atom stereocenters. The van der Waals surface area contributed by atoms with Crippen molar-refractivity contribution in [3.05, 3.63) is 29.3 Å². The molecule has 0 bridgehead atoms. The highest BCUT2D eigenvalue weighted by Crippen LogP contribution is 2.21. The summed E-state index contributed by atoms with van der Waals surface area (Å²) in [6.45, 7) is 10.7. The van der Waals surface area contributed by atoms with Gasteiger partial charge < -0.3 is 15.4 Å². The molecule has 4 heteroatoms. The van der Waals surface area contributed by atoms with Gasteiger partial charge in [-0.2, -0.15) is 0 Å². The smallest absolute Gasteiger partial charge is 0.191 e. The van der Waals surface area contributed by atoms with Crippen LogP contribution in [0.15, 0.2) is 23.2 Å². The van der Waals surface area contributed by atoms with E-state index in [2.05, 4.69) is 55.5 Å². The van der Waals surface area contributed by atoms with Crippen molar-refractivity contribution < 1.29 is 4.74 Å². The molecular formula is C16H27N3O. The maximum Gasteiger partial charge on any atom is 0.191 e. The zero-order valence-corrected chi connectivity index (χ0v) is 13.3. The molecule has 0 aliphatic rings. The van der Waals surface area contributed by atoms with Crippen molar-refractivity contribution in [2.75, 3.05) is 26.7 Å². The molecule has 0 spiro atoms. The average Bonchev–Trinajstić information content (AvgIpc) is 2.40. The van der Waals surface area contributed by atoms with Crippen LogP contribution < -0.4 is 15.4 Å². The number of rotatable bonds is 6. The van der Waals surface area contributed by atoms with Gasteiger partial charge in [-0.15, -0.1) is 0 Å². The molecule has 1 aromatic rings. The van der Waals surface area contributed by atoms with E-state index in [1.54, 1.807) is 7.05 Å². The SMILES string of the molecule is CN=C(NCCOc1c(C)cccc1C)NCC(C)C. The predicted molar refractivity (Wildman–Crippen MR) is 85.6 cm³/mol. The third kappa shape index (κ3) is 5.51. The van der Waals surface area contributed by atoms with Gasteiger partial charge in [-0.05, 0) is 30.9 Å². The monoisotopic (exact) mass is 277 g/mol. The van der Waals surface area contributed by atoms with E-state index in [1.165, 1.54) is 11.1 Å². The third-order valence-corrected chi connectivity index (χ3v) is 2.95. The van der Waals surface area contributed by atoms with E-state index in [-0.39, 0.29) is 0 Å². The predicted octanol–water partition coefficient (Wildman–Crippen LogP) is 2.50. The molecule has 0 heterocycles. The Morgan fingerprint density at radius 3 is 2.40 bits per heavy atom. The highest BCUT2D eigenvalue weighted by Gasteiger charge is 2.03. The maximum absolute atomic E-state index is 5.84. The Balaban J connectivity index is 2.34. The minimum atomic E-state index is 0.597. The Bertz CT molecular complexity index is 421. The lowest BCUT2D eigenvalue weighted by molar-refractivity contribution is 0.317. The van der Waals surface area contributed by atoms with E-state index in [0.717, 1.165) is 24.8 Å². The van der Waals surface area contributed by atoms with Crippen LogP contribution >= 0.6 is 0 Å². The van der Waals surface area contributed by atoms with Gasteiger partial charge in [0.25, 0.3) is 0 Å². The van der Waals surface area contributed by atoms with Gasteiger partial charge in [-0.3, -0.25) is 4.99 Å². The van der Waals surface area contributed by atoms with Gasteiger partial charge in [0.1, 0.15) is 12.4 Å². The summed E-state index contributed by atoms with van der Waals surface area (Å²) in [6.07, 6.45) is 0. The lowest BCUT2D eigenvalue weighted by atomic mass is 10.1. The first-order valence-corrected chi connectivity index (χ1v) is 7.18. The van der Waals surface area contributed by atoms with Crippen molar-refractivity contribution in [3.63, 3.8) is 0 Å². The molecule has 0 amide bonds. The number of nitrogens with one attached hydrogen (secondary N) is 2. The number of aliphatic imine (C=N–C) groups is 1. The van der Waals surface area contributed by atoms with Crippen LogP contribution in [0.3, 0.4) is 0 Å². The van der Waals surface area contributed by atoms with Gasteiger partial charge in [-0.1, -0.05) is 32.0 Å². The first-order valence-electron chi connectivity index (χ1n) is 7.18. The third-order valence-electron chi connectivity index (χ3n) is 2.95. The second-order valence-corrected chi connectivity index (χ2v) is 5.34. The van der Waals surface area contributed by atoms with Gasteiger partial charge in [0.2, 0.25) is 0 Å². The molecule has 0 saturated heterocycles. The molecule has 0 aliphatic heterocycles. The maximum atomic E-state index is 5.84. The summed E-state index contributed by atoms with van der Waals surface area (Å²) < 4.78 is 5.84. The van der Waals surface area contributed by atoms with Crippen LogP contribution in [0, 0.1) is 19.8 Å². The van der Waals surface area contributed by atoms with E-state index < -0.39 is 0 Å². The number of para-hydroxylation sites is 1. The Labute approximate surface area is 122 Å². The number of aryl methyl sites for hydroxylation is 2. The van der Waals surface area contributed by atoms with E-state index >= 15 is 0 Å². The van der Waals surface area contributed by atoms with Crippen LogP contribution in [0.5, 0.6) is 5.75 Å². The average molecular weight is 277 g/mol. The van der Waals surface area contributed by atoms with E-state index in [1.807, 2.05) is 6.07 Å². The fourth-order valence-electron chi connectivity index (χ4n) is 1.87. The molecule has 0 radical (unpaired) electrons. The largest absolute Gasteiger partial charge is 0.491 e. The van der Waals surface area contributed by atoms with Gasteiger partial charge in [0, 0.05) is 13.6 Å². The van der Waals surface area contributed by atoms with E-state index in [9.17, 15) is 0 Å². The van der Waals surface area contributed by atoms with Crippen LogP contribution in [-0.4, -0.2) is 32.7 Å². The zero-order valence-electron chi connectivity index (χ0n) is 13.3. The fourth-order valence-corrected chi connectivity index (χ4v) is 1.87. The van der Waals surface area contributed by atoms with Crippen molar-refractivity contribution in [3.8, 4) is 5.75 Å². The summed E-state index contributed by atoms with van der Waals surface area (Å²) in [5.41, 5.74) is 2.35. The van der Waals surface area contributed by atoms with Crippen LogP contribution in [-0.2, 0) is 0 Å². The molecule has 20 heavy (non-hydrogen) atoms. The first kappa shape index (κ1) is 16.3. The van der Waals surface area contributed by atoms with Crippen molar-refractivity contribution in [1.82, 2.24) is 10.6 Å². The first-order chi connectivity index (χ1) is 9.54. The lowest BCUT2D eigenvalue weighted by Crippen LogP contribution is -2.40. The van der Waals surface area contributed by atoms with Crippen molar-refractivity contribution >= 4 is 5.96 Å². The topological polar surface area (TPSA) is 45.7 Å². The summed E-state index contributed by atoms with van der Waals surface area (Å²) in [7, 11) is 1.78. The molecule has 0 aromatic heterocycles. The van der Waals surface area contributed by atoms with Crippen LogP contribution in [0.1, 0.15) is 25.0 Å². The Kier molecular flexibility index (Phi) is 6.91. The Morgan fingerprint density at radius 1 is 1.20 bits per heavy atom. The molecule has 0 fully saturated rings. The van der Waals surface area contributed by atoms with Crippen molar-refractivity contribution in [1.29, 1.82) is 0 Å². The standard InChI is InChI=1S/C16H27N3O/c1-12(2)11-19-16(17-5)18-9-10-20-15-13(3)7-6-8-14(15)4/h6-8,12H,9-11H2,1-5H3,(H2,17,18,19). The summed E-state index contributed by atoms with van der Waals surface area (Å²) in [4.78, 5) is 4.18. The van der Waals surface area contributed by atoms with Crippen LogP contribution in [0.4, 0.5) is 0 Å². The number of hydrogen-bond donors (Lipinski definition) is 2. The minimum Gasteiger partial charge on any atom is -0.491 e. The van der Waals surface area contributed by atoms with Gasteiger partial charge in [-0.25, -0.2) is 0 Å². The number of hydrogen-bond acceptors (Lipinski definition) is 2. The quantitative estimate of drug-likeness (QED) is 0.477.